The fourth-order valence-electron chi connectivity index (χ4n) is 3.51. The van der Waals surface area contributed by atoms with Gasteiger partial charge >= 0.3 is 6.03 Å². The van der Waals surface area contributed by atoms with Crippen LogP contribution in [0, 0.1) is 0 Å². The highest BCUT2D eigenvalue weighted by molar-refractivity contribution is 5.96. The topological polar surface area (TPSA) is 89.6 Å². The average molecular weight is 347 g/mol. The number of unbranched alkanes of at least 4 members (excludes halogenated alkanes) is 1. The first-order chi connectivity index (χ1) is 12.0. The maximum atomic E-state index is 13.0. The van der Waals surface area contributed by atoms with Crippen molar-refractivity contribution in [2.75, 3.05) is 32.1 Å². The number of amides is 3. The Morgan fingerprint density at radius 2 is 2.08 bits per heavy atom. The van der Waals surface area contributed by atoms with E-state index in [1.54, 1.807) is 23.9 Å². The predicted octanol–water partition coefficient (Wildman–Crippen LogP) is 1.74. The van der Waals surface area contributed by atoms with Crippen molar-refractivity contribution in [3.05, 3.63) is 21.7 Å². The molecule has 3 amide bonds. The van der Waals surface area contributed by atoms with Crippen LogP contribution in [-0.2, 0) is 0 Å². The Bertz CT molecular complexity index is 742. The molecule has 0 aromatic carbocycles. The summed E-state index contributed by atoms with van der Waals surface area (Å²) >= 11 is 0. The summed E-state index contributed by atoms with van der Waals surface area (Å²) in [7, 11) is 3.20. The molecule has 1 saturated heterocycles. The summed E-state index contributed by atoms with van der Waals surface area (Å²) in [4.78, 5) is 49.7. The van der Waals surface area contributed by atoms with Gasteiger partial charge in [-0.25, -0.2) is 9.78 Å². The number of piperidine rings is 1. The zero-order valence-electron chi connectivity index (χ0n) is 15.0. The van der Waals surface area contributed by atoms with Crippen molar-refractivity contribution in [1.82, 2.24) is 19.8 Å². The van der Waals surface area contributed by atoms with E-state index in [1.165, 1.54) is 4.90 Å². The second kappa shape index (κ2) is 6.85. The number of fused-ring (bicyclic) bond motifs is 3. The number of aromatic nitrogens is 2. The molecule has 8 heteroatoms. The van der Waals surface area contributed by atoms with Crippen LogP contribution in [0.25, 0.3) is 0 Å². The van der Waals surface area contributed by atoms with Crippen molar-refractivity contribution in [3.63, 3.8) is 0 Å². The van der Waals surface area contributed by atoms with E-state index in [2.05, 4.69) is 9.97 Å². The van der Waals surface area contributed by atoms with Gasteiger partial charge in [0.05, 0.1) is 11.6 Å². The normalized spacial score (nSPS) is 19.5. The third kappa shape index (κ3) is 3.01. The summed E-state index contributed by atoms with van der Waals surface area (Å²) in [5, 5.41) is 0. The van der Waals surface area contributed by atoms with Crippen molar-refractivity contribution in [2.24, 2.45) is 0 Å². The van der Waals surface area contributed by atoms with Crippen molar-refractivity contribution in [2.45, 2.75) is 45.1 Å². The highest BCUT2D eigenvalue weighted by atomic mass is 16.2. The van der Waals surface area contributed by atoms with Gasteiger partial charge in [0.2, 0.25) is 5.82 Å². The number of rotatable bonds is 4. The fraction of sp³-hybridized carbons (Fsp3) is 0.647. The van der Waals surface area contributed by atoms with Crippen LogP contribution in [0.1, 0.15) is 61.3 Å². The molecule has 2 aliphatic rings. The van der Waals surface area contributed by atoms with E-state index < -0.39 is 0 Å². The number of hydrogen-bond acceptors (Lipinski definition) is 4. The summed E-state index contributed by atoms with van der Waals surface area (Å²) in [5.41, 5.74) is 0.201. The molecule has 1 atom stereocenters. The third-order valence-corrected chi connectivity index (χ3v) is 4.85. The van der Waals surface area contributed by atoms with Gasteiger partial charge in [0.25, 0.3) is 11.5 Å². The van der Waals surface area contributed by atoms with Crippen molar-refractivity contribution >= 4 is 17.8 Å². The number of aromatic amines is 1. The van der Waals surface area contributed by atoms with Crippen LogP contribution in [-0.4, -0.2) is 58.9 Å². The monoisotopic (exact) mass is 347 g/mol. The second-order valence-corrected chi connectivity index (χ2v) is 6.84. The number of hydrogen-bond donors (Lipinski definition) is 1. The highest BCUT2D eigenvalue weighted by Crippen LogP contribution is 2.38. The third-order valence-electron chi connectivity index (χ3n) is 4.85. The molecule has 136 valence electrons. The number of H-pyrrole nitrogens is 1. The van der Waals surface area contributed by atoms with Crippen LogP contribution < -0.4 is 10.5 Å². The molecule has 0 saturated carbocycles. The molecule has 3 rings (SSSR count). The number of carbonyl (C=O) groups excluding carboxylic acids is 2. The Kier molecular flexibility index (Phi) is 4.78. The molecule has 0 spiro atoms. The van der Waals surface area contributed by atoms with Crippen LogP contribution in [0.3, 0.4) is 0 Å². The van der Waals surface area contributed by atoms with E-state index in [4.69, 9.17) is 0 Å². The van der Waals surface area contributed by atoms with Crippen LogP contribution in [0.5, 0.6) is 0 Å². The highest BCUT2D eigenvalue weighted by Gasteiger charge is 2.41. The zero-order valence-corrected chi connectivity index (χ0v) is 15.0. The van der Waals surface area contributed by atoms with Crippen LogP contribution >= 0.6 is 0 Å². The fourth-order valence-corrected chi connectivity index (χ4v) is 3.51. The number of urea groups is 1. The Morgan fingerprint density at radius 1 is 1.32 bits per heavy atom. The van der Waals surface area contributed by atoms with Gasteiger partial charge in [0.1, 0.15) is 5.82 Å². The summed E-state index contributed by atoms with van der Waals surface area (Å²) < 4.78 is 0. The molecule has 1 unspecified atom stereocenters. The molecule has 0 aliphatic carbocycles. The van der Waals surface area contributed by atoms with Gasteiger partial charge in [-0.15, -0.1) is 0 Å². The van der Waals surface area contributed by atoms with Crippen molar-refractivity contribution < 1.29 is 9.59 Å². The molecule has 0 radical (unpaired) electrons. The molecular weight excluding hydrogens is 322 g/mol. The van der Waals surface area contributed by atoms with Gasteiger partial charge in [-0.05, 0) is 25.7 Å². The molecule has 25 heavy (non-hydrogen) atoms. The molecule has 1 fully saturated rings. The lowest BCUT2D eigenvalue weighted by molar-refractivity contribution is 0.0814. The van der Waals surface area contributed by atoms with Crippen molar-refractivity contribution in [1.29, 1.82) is 0 Å². The largest absolute Gasteiger partial charge is 0.342 e. The van der Waals surface area contributed by atoms with Gasteiger partial charge in [-0.3, -0.25) is 14.5 Å². The van der Waals surface area contributed by atoms with Gasteiger partial charge in [0.15, 0.2) is 0 Å². The standard InChI is InChI=1S/C17H25N5O3/c1-4-5-9-22-14-12(11-8-6-7-10-21(11)17(22)25)15(23)19-13(18-14)16(24)20(2)3/h11H,4-10H2,1-3H3,(H,18,19,23). The SMILES string of the molecule is CCCCN1C(=O)N2CCCCC2c2c1nc(C(=O)N(C)C)[nH]c2=O. The number of carbonyl (C=O) groups is 2. The summed E-state index contributed by atoms with van der Waals surface area (Å²) in [6.45, 7) is 3.20. The molecule has 3 heterocycles. The van der Waals surface area contributed by atoms with E-state index in [-0.39, 0.29) is 29.4 Å². The quantitative estimate of drug-likeness (QED) is 0.898. The number of anilines is 1. The first kappa shape index (κ1) is 17.4. The van der Waals surface area contributed by atoms with Gasteiger partial charge < -0.3 is 14.8 Å². The average Bonchev–Trinajstić information content (AvgIpc) is 2.60. The van der Waals surface area contributed by atoms with Crippen LogP contribution in [0.4, 0.5) is 10.6 Å². The van der Waals surface area contributed by atoms with Gasteiger partial charge in [-0.2, -0.15) is 0 Å². The van der Waals surface area contributed by atoms with E-state index >= 15 is 0 Å². The summed E-state index contributed by atoms with van der Waals surface area (Å²) in [6.07, 6.45) is 4.42. The Labute approximate surface area is 146 Å². The Hall–Kier alpha value is -2.38. The summed E-state index contributed by atoms with van der Waals surface area (Å²) in [5.74, 6) is -0.0447. The van der Waals surface area contributed by atoms with E-state index in [0.29, 0.717) is 24.5 Å². The molecule has 0 bridgehead atoms. The molecule has 2 aliphatic heterocycles. The first-order valence-corrected chi connectivity index (χ1v) is 8.89. The van der Waals surface area contributed by atoms with E-state index in [1.807, 2.05) is 6.92 Å². The molecular formula is C17H25N5O3. The van der Waals surface area contributed by atoms with E-state index in [0.717, 1.165) is 32.1 Å². The maximum absolute atomic E-state index is 13.0. The predicted molar refractivity (Wildman–Crippen MR) is 93.8 cm³/mol. The lowest BCUT2D eigenvalue weighted by Gasteiger charge is -2.43. The Morgan fingerprint density at radius 3 is 2.76 bits per heavy atom. The number of nitrogens with zero attached hydrogens (tertiary/aromatic N) is 4. The van der Waals surface area contributed by atoms with Crippen molar-refractivity contribution in [3.8, 4) is 0 Å². The lowest BCUT2D eigenvalue weighted by atomic mass is 9.94. The summed E-state index contributed by atoms with van der Waals surface area (Å²) in [6, 6.07) is -0.346. The van der Waals surface area contributed by atoms with E-state index in [9.17, 15) is 14.4 Å². The molecule has 8 nitrogen and oxygen atoms in total. The maximum Gasteiger partial charge on any atom is 0.326 e. The molecule has 1 aromatic rings. The smallest absolute Gasteiger partial charge is 0.326 e. The minimum atomic E-state index is -0.381. The minimum absolute atomic E-state index is 0.0210. The molecule has 1 aromatic heterocycles. The zero-order chi connectivity index (χ0) is 18.1. The van der Waals surface area contributed by atoms with Gasteiger partial charge in [0, 0.05) is 27.2 Å². The lowest BCUT2D eigenvalue weighted by Crippen LogP contribution is -2.54. The Balaban J connectivity index is 2.13. The minimum Gasteiger partial charge on any atom is -0.342 e. The van der Waals surface area contributed by atoms with Crippen LogP contribution in [0.15, 0.2) is 4.79 Å². The number of nitrogens with one attached hydrogen (secondary N) is 1. The first-order valence-electron chi connectivity index (χ1n) is 8.89. The second-order valence-electron chi connectivity index (χ2n) is 6.84. The molecule has 1 N–H and O–H groups in total. The van der Waals surface area contributed by atoms with Crippen LogP contribution in [0.2, 0.25) is 0 Å². The van der Waals surface area contributed by atoms with Gasteiger partial charge in [-0.1, -0.05) is 13.3 Å².